The van der Waals surface area contributed by atoms with Crippen molar-refractivity contribution in [3.63, 3.8) is 0 Å². The zero-order valence-corrected chi connectivity index (χ0v) is 13.2. The third-order valence-corrected chi connectivity index (χ3v) is 3.65. The lowest BCUT2D eigenvalue weighted by Crippen LogP contribution is -2.25. The molecule has 1 nitrogen and oxygen atoms in total. The van der Waals surface area contributed by atoms with Crippen LogP contribution in [0.4, 0.5) is 0 Å². The Morgan fingerprint density at radius 3 is 2.42 bits per heavy atom. The molecule has 0 saturated carbocycles. The maximum atomic E-state index is 6.02. The van der Waals surface area contributed by atoms with E-state index >= 15 is 0 Å². The highest BCUT2D eigenvalue weighted by molar-refractivity contribution is 9.10. The Morgan fingerprint density at radius 2 is 1.79 bits per heavy atom. The molecule has 2 aromatic rings. The Bertz CT molecular complexity index is 552. The lowest BCUT2D eigenvalue weighted by Gasteiger charge is -2.16. The predicted octanol–water partition coefficient (Wildman–Crippen LogP) is 4.30. The Hall–Kier alpha value is -1.22. The van der Waals surface area contributed by atoms with E-state index in [0.717, 1.165) is 10.2 Å². The Labute approximate surface area is 124 Å². The molecule has 0 heterocycles. The van der Waals surface area contributed by atoms with E-state index in [4.69, 9.17) is 4.74 Å². The van der Waals surface area contributed by atoms with Gasteiger partial charge in [-0.15, -0.1) is 0 Å². The number of hydrogen-bond donors (Lipinski definition) is 0. The molecule has 0 spiro atoms. The summed E-state index contributed by atoms with van der Waals surface area (Å²) < 4.78 is 7.06. The van der Waals surface area contributed by atoms with Crippen molar-refractivity contribution in [2.75, 3.05) is 0 Å². The maximum absolute atomic E-state index is 6.02. The quantitative estimate of drug-likeness (QED) is 0.764. The van der Waals surface area contributed by atoms with E-state index in [1.165, 1.54) is 16.6 Å². The number of hydrogen-bond acceptors (Lipinski definition) is 1. The SMILES string of the molecule is CB(C)c1cc(C)cc(Br)c1OCc1ccccc1. The minimum Gasteiger partial charge on any atom is -0.488 e. The van der Waals surface area contributed by atoms with Crippen LogP contribution < -0.4 is 10.2 Å². The fraction of sp³-hybridized carbons (Fsp3) is 0.250. The summed E-state index contributed by atoms with van der Waals surface area (Å²) in [4.78, 5) is 0. The van der Waals surface area contributed by atoms with Crippen LogP contribution in [0, 0.1) is 6.92 Å². The molecule has 2 rings (SSSR count). The highest BCUT2D eigenvalue weighted by Gasteiger charge is 2.14. The first-order valence-corrected chi connectivity index (χ1v) is 7.34. The first-order chi connectivity index (χ1) is 9.08. The topological polar surface area (TPSA) is 9.23 Å². The van der Waals surface area contributed by atoms with Crippen molar-refractivity contribution in [3.05, 3.63) is 58.1 Å². The summed E-state index contributed by atoms with van der Waals surface area (Å²) in [6.45, 7) is 7.54. The second-order valence-electron chi connectivity index (χ2n) is 5.09. The smallest absolute Gasteiger partial charge is 0.174 e. The molecular formula is C16H18BBrO. The molecule has 0 saturated heterocycles. The third kappa shape index (κ3) is 3.63. The molecule has 0 radical (unpaired) electrons. The van der Waals surface area contributed by atoms with E-state index in [0.29, 0.717) is 13.3 Å². The molecule has 19 heavy (non-hydrogen) atoms. The second kappa shape index (κ2) is 6.29. The van der Waals surface area contributed by atoms with E-state index in [1.807, 2.05) is 18.2 Å². The average Bonchev–Trinajstić information content (AvgIpc) is 2.38. The van der Waals surface area contributed by atoms with Crippen molar-refractivity contribution < 1.29 is 4.74 Å². The van der Waals surface area contributed by atoms with Gasteiger partial charge in [0, 0.05) is 0 Å². The van der Waals surface area contributed by atoms with Gasteiger partial charge in [0.2, 0.25) is 0 Å². The molecule has 0 fully saturated rings. The summed E-state index contributed by atoms with van der Waals surface area (Å²) >= 11 is 3.61. The highest BCUT2D eigenvalue weighted by atomic mass is 79.9. The fourth-order valence-electron chi connectivity index (χ4n) is 2.07. The largest absolute Gasteiger partial charge is 0.488 e. The van der Waals surface area contributed by atoms with Gasteiger partial charge in [-0.1, -0.05) is 55.6 Å². The molecular weight excluding hydrogens is 299 g/mol. The molecule has 0 aliphatic carbocycles. The summed E-state index contributed by atoms with van der Waals surface area (Å²) in [6, 6.07) is 14.6. The molecule has 2 aromatic carbocycles. The van der Waals surface area contributed by atoms with Crippen LogP contribution >= 0.6 is 15.9 Å². The monoisotopic (exact) mass is 316 g/mol. The van der Waals surface area contributed by atoms with Gasteiger partial charge in [0.25, 0.3) is 0 Å². The molecule has 0 N–H and O–H groups in total. The van der Waals surface area contributed by atoms with Gasteiger partial charge in [0.15, 0.2) is 6.71 Å². The first kappa shape index (κ1) is 14.2. The van der Waals surface area contributed by atoms with Crippen molar-refractivity contribution in [1.29, 1.82) is 0 Å². The van der Waals surface area contributed by atoms with E-state index in [9.17, 15) is 0 Å². The van der Waals surface area contributed by atoms with Crippen LogP contribution in [0.2, 0.25) is 13.6 Å². The molecule has 0 amide bonds. The van der Waals surface area contributed by atoms with Crippen LogP contribution in [-0.4, -0.2) is 6.71 Å². The minimum atomic E-state index is 0.446. The number of rotatable bonds is 4. The van der Waals surface area contributed by atoms with E-state index < -0.39 is 0 Å². The van der Waals surface area contributed by atoms with Crippen molar-refractivity contribution in [2.24, 2.45) is 0 Å². The number of halogens is 1. The van der Waals surface area contributed by atoms with Crippen molar-refractivity contribution in [3.8, 4) is 5.75 Å². The zero-order chi connectivity index (χ0) is 13.8. The lowest BCUT2D eigenvalue weighted by atomic mass is 9.49. The molecule has 0 bridgehead atoms. The average molecular weight is 317 g/mol. The summed E-state index contributed by atoms with van der Waals surface area (Å²) in [5, 5.41) is 0. The second-order valence-corrected chi connectivity index (χ2v) is 5.95. The summed E-state index contributed by atoms with van der Waals surface area (Å²) in [5.41, 5.74) is 3.69. The molecule has 0 atom stereocenters. The highest BCUT2D eigenvalue weighted by Crippen LogP contribution is 2.25. The van der Waals surface area contributed by atoms with Crippen LogP contribution in [0.3, 0.4) is 0 Å². The van der Waals surface area contributed by atoms with Gasteiger partial charge < -0.3 is 4.74 Å². The third-order valence-electron chi connectivity index (χ3n) is 3.06. The zero-order valence-electron chi connectivity index (χ0n) is 11.6. The summed E-state index contributed by atoms with van der Waals surface area (Å²) in [7, 11) is 0. The van der Waals surface area contributed by atoms with E-state index in [1.54, 1.807) is 0 Å². The van der Waals surface area contributed by atoms with Crippen LogP contribution in [0.1, 0.15) is 11.1 Å². The normalized spacial score (nSPS) is 10.3. The van der Waals surface area contributed by atoms with Crippen LogP contribution in [-0.2, 0) is 6.61 Å². The molecule has 0 aliphatic rings. The summed E-state index contributed by atoms with van der Waals surface area (Å²) in [5.74, 6) is 0.962. The van der Waals surface area contributed by atoms with E-state index in [2.05, 4.69) is 60.8 Å². The molecule has 3 heteroatoms. The maximum Gasteiger partial charge on any atom is 0.174 e. The first-order valence-electron chi connectivity index (χ1n) is 6.54. The molecule has 0 aromatic heterocycles. The molecule has 98 valence electrons. The minimum absolute atomic E-state index is 0.446. The van der Waals surface area contributed by atoms with Gasteiger partial charge in [0.1, 0.15) is 12.4 Å². The Morgan fingerprint density at radius 1 is 1.11 bits per heavy atom. The number of ether oxygens (including phenoxy) is 1. The number of benzene rings is 2. The fourth-order valence-corrected chi connectivity index (χ4v) is 2.77. The van der Waals surface area contributed by atoms with Crippen molar-refractivity contribution >= 4 is 28.1 Å². The van der Waals surface area contributed by atoms with Gasteiger partial charge in [-0.3, -0.25) is 0 Å². The Balaban J connectivity index is 2.24. The van der Waals surface area contributed by atoms with Crippen molar-refractivity contribution in [2.45, 2.75) is 27.2 Å². The van der Waals surface area contributed by atoms with Gasteiger partial charge in [0.05, 0.1) is 4.47 Å². The van der Waals surface area contributed by atoms with Crippen LogP contribution in [0.5, 0.6) is 5.75 Å². The number of aryl methyl sites for hydroxylation is 1. The summed E-state index contributed by atoms with van der Waals surface area (Å²) in [6.07, 6.45) is 0. The van der Waals surface area contributed by atoms with Gasteiger partial charge >= 0.3 is 0 Å². The van der Waals surface area contributed by atoms with Crippen LogP contribution in [0.15, 0.2) is 46.9 Å². The molecule has 0 unspecified atom stereocenters. The van der Waals surface area contributed by atoms with Gasteiger partial charge in [-0.2, -0.15) is 0 Å². The Kier molecular flexibility index (Phi) is 4.70. The van der Waals surface area contributed by atoms with Gasteiger partial charge in [-0.05, 0) is 39.9 Å². The molecule has 0 aliphatic heterocycles. The van der Waals surface area contributed by atoms with Gasteiger partial charge in [-0.25, -0.2) is 0 Å². The van der Waals surface area contributed by atoms with E-state index in [-0.39, 0.29) is 0 Å². The standard InChI is InChI=1S/C16H18BBrO/c1-12-9-14(17(2)3)16(15(18)10-12)19-11-13-7-5-4-6-8-13/h4-10H,11H2,1-3H3. The lowest BCUT2D eigenvalue weighted by molar-refractivity contribution is 0.306. The van der Waals surface area contributed by atoms with Crippen LogP contribution in [0.25, 0.3) is 0 Å². The van der Waals surface area contributed by atoms with Crippen molar-refractivity contribution in [1.82, 2.24) is 0 Å². The predicted molar refractivity (Wildman–Crippen MR) is 86.8 cm³/mol.